The summed E-state index contributed by atoms with van der Waals surface area (Å²) in [5.41, 5.74) is 1.04. The minimum atomic E-state index is -0.381. The highest BCUT2D eigenvalue weighted by molar-refractivity contribution is 5.69. The molecule has 0 radical (unpaired) electrons. The lowest BCUT2D eigenvalue weighted by atomic mass is 10.3. The number of rotatable bonds is 3. The summed E-state index contributed by atoms with van der Waals surface area (Å²) in [5, 5.41) is 0. The average Bonchev–Trinajstić information content (AvgIpc) is 2.16. The van der Waals surface area contributed by atoms with Gasteiger partial charge in [0.2, 0.25) is 6.20 Å². The highest BCUT2D eigenvalue weighted by Gasteiger charge is 2.09. The second-order valence-electron chi connectivity index (χ2n) is 3.93. The molecule has 1 amide bonds. The Morgan fingerprint density at radius 2 is 2.25 bits per heavy atom. The van der Waals surface area contributed by atoms with E-state index in [-0.39, 0.29) is 6.09 Å². The minimum absolute atomic E-state index is 0.381. The molecule has 0 saturated heterocycles. The van der Waals surface area contributed by atoms with Gasteiger partial charge in [-0.2, -0.15) is 4.57 Å². The van der Waals surface area contributed by atoms with Crippen LogP contribution >= 0.6 is 0 Å². The van der Waals surface area contributed by atoms with Gasteiger partial charge < -0.3 is 9.64 Å². The molecule has 0 bridgehead atoms. The Morgan fingerprint density at radius 3 is 2.81 bits per heavy atom. The van der Waals surface area contributed by atoms with E-state index in [0.717, 1.165) is 5.57 Å². The van der Waals surface area contributed by atoms with Gasteiger partial charge in [-0.3, -0.25) is 0 Å². The maximum absolute atomic E-state index is 11.3. The van der Waals surface area contributed by atoms with Gasteiger partial charge in [0.25, 0.3) is 0 Å². The van der Waals surface area contributed by atoms with E-state index in [1.807, 2.05) is 23.8 Å². The Bertz CT molecular complexity index is 400. The first kappa shape index (κ1) is 12.2. The van der Waals surface area contributed by atoms with Crippen LogP contribution in [0.25, 0.3) is 0 Å². The fourth-order valence-corrected chi connectivity index (χ4v) is 1.16. The standard InChI is InChI=1S/C12H17N2O2/c1-10(2)8-14-7-5-6-11(9-14)16-12(15)13(3)4/h5-7,9H,1,8H2,2-4H3/q+1. The molecule has 0 N–H and O–H groups in total. The van der Waals surface area contributed by atoms with Crippen LogP contribution in [-0.2, 0) is 6.54 Å². The summed E-state index contributed by atoms with van der Waals surface area (Å²) in [6.45, 7) is 6.50. The Labute approximate surface area is 95.8 Å². The predicted molar refractivity (Wildman–Crippen MR) is 61.2 cm³/mol. The third-order valence-electron chi connectivity index (χ3n) is 1.85. The molecule has 4 nitrogen and oxygen atoms in total. The van der Waals surface area contributed by atoms with Crippen molar-refractivity contribution in [3.63, 3.8) is 0 Å². The summed E-state index contributed by atoms with van der Waals surface area (Å²) in [6.07, 6.45) is 3.30. The smallest absolute Gasteiger partial charge is 0.404 e. The zero-order chi connectivity index (χ0) is 12.1. The Hall–Kier alpha value is -1.84. The number of aromatic nitrogens is 1. The lowest BCUT2D eigenvalue weighted by Crippen LogP contribution is -2.34. The fourth-order valence-electron chi connectivity index (χ4n) is 1.16. The summed E-state index contributed by atoms with van der Waals surface area (Å²) in [6, 6.07) is 3.58. The van der Waals surface area contributed by atoms with Crippen molar-refractivity contribution >= 4 is 6.09 Å². The molecule has 0 fully saturated rings. The molecule has 0 atom stereocenters. The van der Waals surface area contributed by atoms with Gasteiger partial charge in [0.15, 0.2) is 18.5 Å². The number of pyridine rings is 1. The van der Waals surface area contributed by atoms with Crippen LogP contribution in [0, 0.1) is 0 Å². The SMILES string of the molecule is C=C(C)C[n+]1cccc(OC(=O)N(C)C)c1. The molecule has 0 aliphatic heterocycles. The van der Waals surface area contributed by atoms with Gasteiger partial charge in [0.05, 0.1) is 0 Å². The zero-order valence-corrected chi connectivity index (χ0v) is 9.93. The van der Waals surface area contributed by atoms with Crippen LogP contribution in [0.4, 0.5) is 4.79 Å². The van der Waals surface area contributed by atoms with Crippen LogP contribution < -0.4 is 9.30 Å². The summed E-state index contributed by atoms with van der Waals surface area (Å²) in [7, 11) is 3.29. The van der Waals surface area contributed by atoms with Crippen molar-refractivity contribution in [2.45, 2.75) is 13.5 Å². The second-order valence-corrected chi connectivity index (χ2v) is 3.93. The zero-order valence-electron chi connectivity index (χ0n) is 9.93. The minimum Gasteiger partial charge on any atom is -0.404 e. The van der Waals surface area contributed by atoms with Crippen LogP contribution in [0.1, 0.15) is 6.92 Å². The van der Waals surface area contributed by atoms with Gasteiger partial charge in [-0.15, -0.1) is 0 Å². The largest absolute Gasteiger partial charge is 0.414 e. The molecule has 1 aromatic rings. The normalized spacial score (nSPS) is 9.69. The number of ether oxygens (including phenoxy) is 1. The molecule has 0 spiro atoms. The lowest BCUT2D eigenvalue weighted by molar-refractivity contribution is -0.689. The van der Waals surface area contributed by atoms with Gasteiger partial charge in [0.1, 0.15) is 0 Å². The van der Waals surface area contributed by atoms with Crippen molar-refractivity contribution in [2.75, 3.05) is 14.1 Å². The Morgan fingerprint density at radius 1 is 1.56 bits per heavy atom. The van der Waals surface area contributed by atoms with Crippen LogP contribution in [0.5, 0.6) is 5.75 Å². The molecule has 0 unspecified atom stereocenters. The molecule has 1 rings (SSSR count). The quantitative estimate of drug-likeness (QED) is 0.574. The number of hydrogen-bond donors (Lipinski definition) is 0. The van der Waals surface area contributed by atoms with Gasteiger partial charge in [0, 0.05) is 20.2 Å². The van der Waals surface area contributed by atoms with E-state index in [1.165, 1.54) is 4.90 Å². The number of allylic oxidation sites excluding steroid dienone is 1. The van der Waals surface area contributed by atoms with Crippen molar-refractivity contribution in [2.24, 2.45) is 0 Å². The van der Waals surface area contributed by atoms with E-state index < -0.39 is 0 Å². The number of amides is 1. The van der Waals surface area contributed by atoms with Gasteiger partial charge in [-0.05, 0) is 18.6 Å². The first-order valence-electron chi connectivity index (χ1n) is 5.01. The number of hydrogen-bond acceptors (Lipinski definition) is 2. The Kier molecular flexibility index (Phi) is 4.05. The van der Waals surface area contributed by atoms with Crippen molar-refractivity contribution in [3.05, 3.63) is 36.7 Å². The molecule has 0 aliphatic carbocycles. The molecule has 0 aromatic carbocycles. The molecule has 1 aromatic heterocycles. The van der Waals surface area contributed by atoms with Crippen LogP contribution in [-0.4, -0.2) is 25.1 Å². The molecular weight excluding hydrogens is 204 g/mol. The van der Waals surface area contributed by atoms with Crippen molar-refractivity contribution in [1.29, 1.82) is 0 Å². The van der Waals surface area contributed by atoms with Crippen LogP contribution in [0.2, 0.25) is 0 Å². The highest BCUT2D eigenvalue weighted by atomic mass is 16.6. The molecular formula is C12H17N2O2+. The van der Waals surface area contributed by atoms with Crippen molar-refractivity contribution in [3.8, 4) is 5.75 Å². The maximum atomic E-state index is 11.3. The van der Waals surface area contributed by atoms with E-state index in [1.54, 1.807) is 26.4 Å². The maximum Gasteiger partial charge on any atom is 0.414 e. The molecule has 4 heteroatoms. The first-order valence-corrected chi connectivity index (χ1v) is 5.01. The van der Waals surface area contributed by atoms with Crippen LogP contribution in [0.3, 0.4) is 0 Å². The van der Waals surface area contributed by atoms with E-state index in [0.29, 0.717) is 12.3 Å². The molecule has 1 heterocycles. The monoisotopic (exact) mass is 221 g/mol. The van der Waals surface area contributed by atoms with E-state index in [9.17, 15) is 4.79 Å². The topological polar surface area (TPSA) is 33.4 Å². The fraction of sp³-hybridized carbons (Fsp3) is 0.333. The lowest BCUT2D eigenvalue weighted by Gasteiger charge is -2.09. The van der Waals surface area contributed by atoms with E-state index in [4.69, 9.17) is 4.74 Å². The third kappa shape index (κ3) is 3.73. The van der Waals surface area contributed by atoms with E-state index in [2.05, 4.69) is 6.58 Å². The van der Waals surface area contributed by atoms with Crippen LogP contribution in [0.15, 0.2) is 36.7 Å². The van der Waals surface area contributed by atoms with Gasteiger partial charge in [-0.25, -0.2) is 4.79 Å². The molecule has 0 saturated carbocycles. The van der Waals surface area contributed by atoms with Crippen molar-refractivity contribution < 1.29 is 14.1 Å². The summed E-state index contributed by atoms with van der Waals surface area (Å²) < 4.78 is 7.05. The summed E-state index contributed by atoms with van der Waals surface area (Å²) in [4.78, 5) is 12.7. The molecule has 86 valence electrons. The van der Waals surface area contributed by atoms with Gasteiger partial charge in [-0.1, -0.05) is 6.58 Å². The first-order chi connectivity index (χ1) is 7.49. The molecule has 0 aliphatic rings. The summed E-state index contributed by atoms with van der Waals surface area (Å²) >= 11 is 0. The second kappa shape index (κ2) is 5.30. The number of nitrogens with zero attached hydrogens (tertiary/aromatic N) is 2. The van der Waals surface area contributed by atoms with E-state index >= 15 is 0 Å². The average molecular weight is 221 g/mol. The highest BCUT2D eigenvalue weighted by Crippen LogP contribution is 2.07. The predicted octanol–water partition coefficient (Wildman–Crippen LogP) is 1.61. The molecule has 16 heavy (non-hydrogen) atoms. The van der Waals surface area contributed by atoms with Crippen molar-refractivity contribution in [1.82, 2.24) is 4.90 Å². The summed E-state index contributed by atoms with van der Waals surface area (Å²) in [5.74, 6) is 0.530. The van der Waals surface area contributed by atoms with Gasteiger partial charge >= 0.3 is 6.09 Å². The number of carbonyl (C=O) groups excluding carboxylic acids is 1. The third-order valence-corrected chi connectivity index (χ3v) is 1.85. The Balaban J connectivity index is 2.74. The number of carbonyl (C=O) groups is 1.